The van der Waals surface area contributed by atoms with Crippen LogP contribution in [0.3, 0.4) is 0 Å². The van der Waals surface area contributed by atoms with E-state index in [0.717, 1.165) is 24.3 Å². The number of anilines is 2. The molecule has 1 aromatic heterocycles. The second kappa shape index (κ2) is 8.15. The molecule has 1 unspecified atom stereocenters. The van der Waals surface area contributed by atoms with Crippen molar-refractivity contribution in [2.24, 2.45) is 0 Å². The molecule has 1 aliphatic heterocycles. The summed E-state index contributed by atoms with van der Waals surface area (Å²) in [6, 6.07) is 14.3. The third-order valence-electron chi connectivity index (χ3n) is 5.02. The minimum atomic E-state index is -0.0411. The van der Waals surface area contributed by atoms with E-state index in [0.29, 0.717) is 18.3 Å². The zero-order chi connectivity index (χ0) is 17.6. The smallest absolute Gasteiger partial charge is 0.276 e. The van der Waals surface area contributed by atoms with Gasteiger partial charge in [0.2, 0.25) is 0 Å². The Morgan fingerprint density at radius 3 is 2.72 bits per heavy atom. The van der Waals surface area contributed by atoms with Crippen molar-refractivity contribution >= 4 is 17.3 Å². The first-order chi connectivity index (χ1) is 12.2. The number of rotatable bonds is 5. The number of pyridine rings is 1. The summed E-state index contributed by atoms with van der Waals surface area (Å²) in [6.45, 7) is 5.92. The molecular weight excluding hydrogens is 310 g/mol. The molecule has 0 saturated carbocycles. The molecule has 4 nitrogen and oxygen atoms in total. The van der Waals surface area contributed by atoms with Gasteiger partial charge in [-0.2, -0.15) is 0 Å². The molecule has 132 valence electrons. The fraction of sp³-hybridized carbons (Fsp3) is 0.429. The van der Waals surface area contributed by atoms with Gasteiger partial charge in [0.15, 0.2) is 0 Å². The predicted octanol–water partition coefficient (Wildman–Crippen LogP) is 4.52. The second-order valence-electron chi connectivity index (χ2n) is 6.54. The van der Waals surface area contributed by atoms with Gasteiger partial charge in [0.25, 0.3) is 5.91 Å². The van der Waals surface area contributed by atoms with Gasteiger partial charge in [-0.1, -0.05) is 25.1 Å². The first-order valence-corrected chi connectivity index (χ1v) is 9.34. The van der Waals surface area contributed by atoms with E-state index in [4.69, 9.17) is 0 Å². The molecule has 1 aromatic carbocycles. The number of benzene rings is 1. The molecule has 0 radical (unpaired) electrons. The van der Waals surface area contributed by atoms with Crippen LogP contribution in [0.15, 0.2) is 48.7 Å². The van der Waals surface area contributed by atoms with Crippen LogP contribution >= 0.6 is 0 Å². The number of para-hydroxylation sites is 1. The van der Waals surface area contributed by atoms with E-state index >= 15 is 0 Å². The zero-order valence-electron chi connectivity index (χ0n) is 15.2. The lowest BCUT2D eigenvalue weighted by molar-refractivity contribution is 0.0983. The van der Waals surface area contributed by atoms with Crippen LogP contribution in [0.2, 0.25) is 0 Å². The molecule has 1 atom stereocenters. The van der Waals surface area contributed by atoms with Gasteiger partial charge in [0.1, 0.15) is 5.69 Å². The monoisotopic (exact) mass is 337 g/mol. The van der Waals surface area contributed by atoms with Crippen molar-refractivity contribution < 1.29 is 4.79 Å². The maximum Gasteiger partial charge on any atom is 0.276 e. The number of amides is 1. The molecule has 1 fully saturated rings. The largest absolute Gasteiger partial charge is 0.368 e. The lowest BCUT2D eigenvalue weighted by Gasteiger charge is -2.37. The highest BCUT2D eigenvalue weighted by Gasteiger charge is 2.23. The number of hydrogen-bond acceptors (Lipinski definition) is 3. The summed E-state index contributed by atoms with van der Waals surface area (Å²) in [5, 5.41) is 0. The van der Waals surface area contributed by atoms with Crippen LogP contribution in [0.25, 0.3) is 0 Å². The first kappa shape index (κ1) is 17.5. The molecule has 25 heavy (non-hydrogen) atoms. The molecule has 4 heteroatoms. The van der Waals surface area contributed by atoms with Crippen LogP contribution in [0.5, 0.6) is 0 Å². The minimum Gasteiger partial charge on any atom is -0.368 e. The molecule has 1 amide bonds. The highest BCUT2D eigenvalue weighted by Crippen LogP contribution is 2.27. The molecule has 1 saturated heterocycles. The van der Waals surface area contributed by atoms with Crippen molar-refractivity contribution in [3.63, 3.8) is 0 Å². The Bertz CT molecular complexity index is 701. The number of nitrogens with zero attached hydrogens (tertiary/aromatic N) is 3. The van der Waals surface area contributed by atoms with Crippen LogP contribution in [0.4, 0.5) is 11.4 Å². The number of hydrogen-bond donors (Lipinski definition) is 0. The van der Waals surface area contributed by atoms with Crippen LogP contribution in [0, 0.1) is 0 Å². The van der Waals surface area contributed by atoms with Gasteiger partial charge in [-0.05, 0) is 56.9 Å². The molecule has 3 rings (SSSR count). The van der Waals surface area contributed by atoms with Crippen molar-refractivity contribution in [3.05, 3.63) is 54.4 Å². The van der Waals surface area contributed by atoms with E-state index in [1.807, 2.05) is 49.4 Å². The topological polar surface area (TPSA) is 36.4 Å². The quantitative estimate of drug-likeness (QED) is 0.805. The number of aromatic nitrogens is 1. The fourth-order valence-electron chi connectivity index (χ4n) is 3.67. The molecule has 0 bridgehead atoms. The van der Waals surface area contributed by atoms with Crippen LogP contribution in [-0.2, 0) is 0 Å². The SMILES string of the molecule is CCC1CCCCN1c1ccnc(C(=O)N(CC)c2ccccc2)c1. The van der Waals surface area contributed by atoms with Gasteiger partial charge in [-0.25, -0.2) is 0 Å². The third kappa shape index (κ3) is 3.84. The molecule has 2 aromatic rings. The van der Waals surface area contributed by atoms with E-state index in [9.17, 15) is 4.79 Å². The van der Waals surface area contributed by atoms with Gasteiger partial charge in [-0.15, -0.1) is 0 Å². The fourth-order valence-corrected chi connectivity index (χ4v) is 3.67. The summed E-state index contributed by atoms with van der Waals surface area (Å²) in [6.07, 6.45) is 6.64. The Kier molecular flexibility index (Phi) is 5.69. The summed E-state index contributed by atoms with van der Waals surface area (Å²) in [4.78, 5) is 21.6. The van der Waals surface area contributed by atoms with E-state index < -0.39 is 0 Å². The van der Waals surface area contributed by atoms with E-state index in [2.05, 4.69) is 16.8 Å². The average Bonchev–Trinajstić information content (AvgIpc) is 2.69. The maximum absolute atomic E-state index is 13.0. The minimum absolute atomic E-state index is 0.0411. The summed E-state index contributed by atoms with van der Waals surface area (Å²) < 4.78 is 0. The molecule has 1 aliphatic rings. The summed E-state index contributed by atoms with van der Waals surface area (Å²) in [5.74, 6) is -0.0411. The standard InChI is InChI=1S/C21H27N3O/c1-3-17-10-8-9-15-24(17)19-13-14-22-20(16-19)21(25)23(4-2)18-11-6-5-7-12-18/h5-7,11-14,16-17H,3-4,8-10,15H2,1-2H3. The van der Waals surface area contributed by atoms with Crippen molar-refractivity contribution in [3.8, 4) is 0 Å². The highest BCUT2D eigenvalue weighted by molar-refractivity contribution is 6.05. The molecule has 0 spiro atoms. The van der Waals surface area contributed by atoms with Crippen LogP contribution in [-0.4, -0.2) is 30.0 Å². The van der Waals surface area contributed by atoms with Gasteiger partial charge in [0, 0.05) is 36.7 Å². The van der Waals surface area contributed by atoms with Crippen molar-refractivity contribution in [2.75, 3.05) is 22.9 Å². The average molecular weight is 337 g/mol. The number of piperidine rings is 1. The first-order valence-electron chi connectivity index (χ1n) is 9.34. The van der Waals surface area contributed by atoms with Crippen molar-refractivity contribution in [1.82, 2.24) is 4.98 Å². The molecule has 0 N–H and O–H groups in total. The van der Waals surface area contributed by atoms with Crippen LogP contribution in [0.1, 0.15) is 50.0 Å². The van der Waals surface area contributed by atoms with E-state index in [1.54, 1.807) is 11.1 Å². The number of carbonyl (C=O) groups is 1. The third-order valence-corrected chi connectivity index (χ3v) is 5.02. The van der Waals surface area contributed by atoms with Gasteiger partial charge in [-0.3, -0.25) is 9.78 Å². The van der Waals surface area contributed by atoms with Crippen molar-refractivity contribution in [2.45, 2.75) is 45.6 Å². The highest BCUT2D eigenvalue weighted by atomic mass is 16.2. The number of carbonyl (C=O) groups excluding carboxylic acids is 1. The Morgan fingerprint density at radius 2 is 2.00 bits per heavy atom. The lowest BCUT2D eigenvalue weighted by atomic mass is 9.99. The predicted molar refractivity (Wildman–Crippen MR) is 103 cm³/mol. The van der Waals surface area contributed by atoms with Crippen LogP contribution < -0.4 is 9.80 Å². The molecule has 0 aliphatic carbocycles. The Labute approximate surface area is 150 Å². The second-order valence-corrected chi connectivity index (χ2v) is 6.54. The Balaban J connectivity index is 1.86. The van der Waals surface area contributed by atoms with Gasteiger partial charge >= 0.3 is 0 Å². The van der Waals surface area contributed by atoms with Gasteiger partial charge < -0.3 is 9.80 Å². The van der Waals surface area contributed by atoms with E-state index in [1.165, 1.54) is 19.3 Å². The lowest BCUT2D eigenvalue weighted by Crippen LogP contribution is -2.39. The van der Waals surface area contributed by atoms with Crippen molar-refractivity contribution in [1.29, 1.82) is 0 Å². The Morgan fingerprint density at radius 1 is 1.20 bits per heavy atom. The molecule has 2 heterocycles. The summed E-state index contributed by atoms with van der Waals surface area (Å²) in [7, 11) is 0. The van der Waals surface area contributed by atoms with E-state index in [-0.39, 0.29) is 5.91 Å². The summed E-state index contributed by atoms with van der Waals surface area (Å²) in [5.41, 5.74) is 2.55. The normalized spacial score (nSPS) is 17.4. The Hall–Kier alpha value is -2.36. The zero-order valence-corrected chi connectivity index (χ0v) is 15.2. The maximum atomic E-state index is 13.0. The molecular formula is C21H27N3O. The van der Waals surface area contributed by atoms with Gasteiger partial charge in [0.05, 0.1) is 0 Å². The summed E-state index contributed by atoms with van der Waals surface area (Å²) >= 11 is 0.